The van der Waals surface area contributed by atoms with E-state index in [-0.39, 0.29) is 5.82 Å². The van der Waals surface area contributed by atoms with Crippen LogP contribution in [0.4, 0.5) is 4.39 Å². The zero-order chi connectivity index (χ0) is 15.1. The van der Waals surface area contributed by atoms with Gasteiger partial charge in [-0.3, -0.25) is 0 Å². The maximum atomic E-state index is 13.6. The number of hydrogen-bond donors (Lipinski definition) is 0. The highest BCUT2D eigenvalue weighted by molar-refractivity contribution is 5.82. The molecule has 0 heterocycles. The van der Waals surface area contributed by atoms with Gasteiger partial charge in [-0.1, -0.05) is 19.1 Å². The third-order valence-electron chi connectivity index (χ3n) is 3.05. The van der Waals surface area contributed by atoms with Gasteiger partial charge in [0.05, 0.1) is 19.5 Å². The molecule has 0 saturated heterocycles. The molecule has 0 aliphatic rings. The van der Waals surface area contributed by atoms with E-state index >= 15 is 0 Å². The second kappa shape index (κ2) is 7.33. The Hall–Kier alpha value is -2.49. The number of hydrogen-bond acceptors (Lipinski definition) is 3. The molecule has 0 amide bonds. The average molecular weight is 284 g/mol. The molecule has 108 valence electrons. The molecule has 0 fully saturated rings. The molecular formula is C17H17FN2O. The molecule has 3 nitrogen and oxygen atoms in total. The van der Waals surface area contributed by atoms with Crippen molar-refractivity contribution in [2.75, 3.05) is 7.11 Å². The van der Waals surface area contributed by atoms with Crippen molar-refractivity contribution in [3.8, 4) is 5.75 Å². The highest BCUT2D eigenvalue weighted by Crippen LogP contribution is 2.11. The predicted octanol–water partition coefficient (Wildman–Crippen LogP) is 3.85. The fourth-order valence-electron chi connectivity index (χ4n) is 1.82. The Morgan fingerprint density at radius 3 is 2.19 bits per heavy atom. The van der Waals surface area contributed by atoms with Crippen molar-refractivity contribution in [1.82, 2.24) is 0 Å². The van der Waals surface area contributed by atoms with Crippen LogP contribution < -0.4 is 4.74 Å². The Morgan fingerprint density at radius 1 is 1.00 bits per heavy atom. The minimum absolute atomic E-state index is 0.208. The van der Waals surface area contributed by atoms with Crippen LogP contribution in [-0.2, 0) is 6.42 Å². The summed E-state index contributed by atoms with van der Waals surface area (Å²) >= 11 is 0. The minimum Gasteiger partial charge on any atom is -0.497 e. The zero-order valence-corrected chi connectivity index (χ0v) is 12.1. The van der Waals surface area contributed by atoms with E-state index in [0.29, 0.717) is 17.5 Å². The van der Waals surface area contributed by atoms with E-state index in [0.717, 1.165) is 11.3 Å². The van der Waals surface area contributed by atoms with Crippen LogP contribution in [0.25, 0.3) is 0 Å². The van der Waals surface area contributed by atoms with E-state index < -0.39 is 0 Å². The molecule has 0 bridgehead atoms. The van der Waals surface area contributed by atoms with Crippen molar-refractivity contribution in [2.24, 2.45) is 10.2 Å². The van der Waals surface area contributed by atoms with Gasteiger partial charge in [-0.15, -0.1) is 0 Å². The van der Waals surface area contributed by atoms with E-state index in [1.165, 1.54) is 12.3 Å². The van der Waals surface area contributed by atoms with Gasteiger partial charge in [-0.05, 0) is 53.4 Å². The van der Waals surface area contributed by atoms with Gasteiger partial charge < -0.3 is 4.74 Å². The maximum Gasteiger partial charge on any atom is 0.127 e. The van der Waals surface area contributed by atoms with Crippen molar-refractivity contribution < 1.29 is 9.13 Å². The van der Waals surface area contributed by atoms with Crippen molar-refractivity contribution in [3.63, 3.8) is 0 Å². The summed E-state index contributed by atoms with van der Waals surface area (Å²) in [4.78, 5) is 0. The Kier molecular flexibility index (Phi) is 5.21. The maximum absolute atomic E-state index is 13.6. The van der Waals surface area contributed by atoms with Gasteiger partial charge >= 0.3 is 0 Å². The lowest BCUT2D eigenvalue weighted by Crippen LogP contribution is -1.90. The van der Waals surface area contributed by atoms with Gasteiger partial charge in [0.15, 0.2) is 0 Å². The fourth-order valence-corrected chi connectivity index (χ4v) is 1.82. The molecule has 0 aromatic heterocycles. The molecular weight excluding hydrogens is 267 g/mol. The number of rotatable bonds is 5. The van der Waals surface area contributed by atoms with Crippen molar-refractivity contribution >= 4 is 12.4 Å². The van der Waals surface area contributed by atoms with Crippen molar-refractivity contribution in [3.05, 3.63) is 65.0 Å². The Balaban J connectivity index is 2.00. The number of halogens is 1. The van der Waals surface area contributed by atoms with Crippen LogP contribution in [0, 0.1) is 5.82 Å². The SMILES string of the molecule is CCc1ccc(/C=N/N=C/c2ccc(OC)cc2)cc1F. The van der Waals surface area contributed by atoms with Gasteiger partial charge in [0.25, 0.3) is 0 Å². The Labute approximate surface area is 123 Å². The van der Waals surface area contributed by atoms with Crippen LogP contribution >= 0.6 is 0 Å². The van der Waals surface area contributed by atoms with E-state index in [1.807, 2.05) is 37.3 Å². The third kappa shape index (κ3) is 4.24. The molecule has 2 aromatic rings. The molecule has 0 atom stereocenters. The normalized spacial score (nSPS) is 11.4. The third-order valence-corrected chi connectivity index (χ3v) is 3.05. The molecule has 21 heavy (non-hydrogen) atoms. The summed E-state index contributed by atoms with van der Waals surface area (Å²) in [6.07, 6.45) is 3.84. The van der Waals surface area contributed by atoms with Gasteiger partial charge in [0, 0.05) is 0 Å². The highest BCUT2D eigenvalue weighted by atomic mass is 19.1. The van der Waals surface area contributed by atoms with E-state index in [1.54, 1.807) is 19.4 Å². The summed E-state index contributed by atoms with van der Waals surface area (Å²) in [6.45, 7) is 1.92. The average Bonchev–Trinajstić information content (AvgIpc) is 2.52. The van der Waals surface area contributed by atoms with Crippen LogP contribution in [0.15, 0.2) is 52.7 Å². The first-order valence-corrected chi connectivity index (χ1v) is 6.72. The van der Waals surface area contributed by atoms with Crippen molar-refractivity contribution in [1.29, 1.82) is 0 Å². The highest BCUT2D eigenvalue weighted by Gasteiger charge is 1.99. The molecule has 0 N–H and O–H groups in total. The molecule has 0 aliphatic carbocycles. The first-order chi connectivity index (χ1) is 10.2. The van der Waals surface area contributed by atoms with Crippen LogP contribution in [0.5, 0.6) is 5.75 Å². The monoisotopic (exact) mass is 284 g/mol. The van der Waals surface area contributed by atoms with Crippen molar-refractivity contribution in [2.45, 2.75) is 13.3 Å². The molecule has 0 saturated carbocycles. The molecule has 0 unspecified atom stereocenters. The lowest BCUT2D eigenvalue weighted by molar-refractivity contribution is 0.415. The Bertz CT molecular complexity index is 648. The van der Waals surface area contributed by atoms with E-state index in [9.17, 15) is 4.39 Å². The van der Waals surface area contributed by atoms with Crippen LogP contribution in [0.1, 0.15) is 23.6 Å². The second-order valence-corrected chi connectivity index (χ2v) is 4.47. The van der Waals surface area contributed by atoms with E-state index in [4.69, 9.17) is 4.74 Å². The summed E-state index contributed by atoms with van der Waals surface area (Å²) in [5.41, 5.74) is 2.31. The molecule has 2 rings (SSSR count). The van der Waals surface area contributed by atoms with Gasteiger partial charge in [0.1, 0.15) is 11.6 Å². The summed E-state index contributed by atoms with van der Waals surface area (Å²) in [5, 5.41) is 7.87. The summed E-state index contributed by atoms with van der Waals surface area (Å²) in [7, 11) is 1.62. The molecule has 0 spiro atoms. The first-order valence-electron chi connectivity index (χ1n) is 6.72. The first kappa shape index (κ1) is 14.9. The number of ether oxygens (including phenoxy) is 1. The largest absolute Gasteiger partial charge is 0.497 e. The topological polar surface area (TPSA) is 34.0 Å². The second-order valence-electron chi connectivity index (χ2n) is 4.47. The number of benzene rings is 2. The molecule has 4 heteroatoms. The van der Waals surface area contributed by atoms with E-state index in [2.05, 4.69) is 10.2 Å². The molecule has 2 aromatic carbocycles. The smallest absolute Gasteiger partial charge is 0.127 e. The van der Waals surface area contributed by atoms with Crippen LogP contribution in [-0.4, -0.2) is 19.5 Å². The number of aryl methyl sites for hydroxylation is 1. The predicted molar refractivity (Wildman–Crippen MR) is 84.0 cm³/mol. The number of nitrogens with zero attached hydrogens (tertiary/aromatic N) is 2. The van der Waals surface area contributed by atoms with Gasteiger partial charge in [0.2, 0.25) is 0 Å². The summed E-state index contributed by atoms with van der Waals surface area (Å²) in [5.74, 6) is 0.586. The molecule has 0 radical (unpaired) electrons. The lowest BCUT2D eigenvalue weighted by atomic mass is 10.1. The fraction of sp³-hybridized carbons (Fsp3) is 0.176. The summed E-state index contributed by atoms with van der Waals surface area (Å²) < 4.78 is 18.7. The lowest BCUT2D eigenvalue weighted by Gasteiger charge is -1.99. The minimum atomic E-state index is -0.208. The summed E-state index contributed by atoms with van der Waals surface area (Å²) in [6, 6.07) is 12.5. The number of methoxy groups -OCH3 is 1. The molecule has 0 aliphatic heterocycles. The Morgan fingerprint density at radius 2 is 1.62 bits per heavy atom. The quantitative estimate of drug-likeness (QED) is 0.606. The van der Waals surface area contributed by atoms with Gasteiger partial charge in [-0.25, -0.2) is 4.39 Å². The zero-order valence-electron chi connectivity index (χ0n) is 12.1. The van der Waals surface area contributed by atoms with Crippen LogP contribution in [0.3, 0.4) is 0 Å². The van der Waals surface area contributed by atoms with Crippen LogP contribution in [0.2, 0.25) is 0 Å². The van der Waals surface area contributed by atoms with Gasteiger partial charge in [-0.2, -0.15) is 10.2 Å². The standard InChI is InChI=1S/C17H17FN2O/c1-3-15-7-4-14(10-17(15)18)12-20-19-11-13-5-8-16(21-2)9-6-13/h4-12H,3H2,1-2H3/b19-11+,20-12+.